The maximum atomic E-state index is 12.1. The molecule has 3 aromatic carbocycles. The van der Waals surface area contributed by atoms with E-state index < -0.39 is 0 Å². The van der Waals surface area contributed by atoms with Gasteiger partial charge in [-0.25, -0.2) is 4.98 Å². The molecule has 1 heterocycles. The summed E-state index contributed by atoms with van der Waals surface area (Å²) in [6.45, 7) is 2.74. The molecule has 1 aromatic heterocycles. The van der Waals surface area contributed by atoms with Gasteiger partial charge in [-0.15, -0.1) is 0 Å². The predicted molar refractivity (Wildman–Crippen MR) is 128 cm³/mol. The van der Waals surface area contributed by atoms with Gasteiger partial charge in [-0.1, -0.05) is 54.1 Å². The lowest BCUT2D eigenvalue weighted by atomic mass is 10.1. The molecule has 1 N–H and O–H groups in total. The summed E-state index contributed by atoms with van der Waals surface area (Å²) >= 11 is 5.86. The molecule has 5 nitrogen and oxygen atoms in total. The molecule has 0 bridgehead atoms. The van der Waals surface area contributed by atoms with E-state index in [4.69, 9.17) is 21.3 Å². The largest absolute Gasteiger partial charge is 0.484 e. The zero-order chi connectivity index (χ0) is 22.3. The van der Waals surface area contributed by atoms with Gasteiger partial charge in [0.15, 0.2) is 6.61 Å². The fraction of sp³-hybridized carbons (Fsp3) is 0.231. The summed E-state index contributed by atoms with van der Waals surface area (Å²) < 4.78 is 7.79. The standard InChI is InChI=1S/C26H26ClN3O2/c1-19(20-8-3-2-4-9-20)30-24-11-6-5-10-23(24)29-25(30)12-7-17-28-26(31)18-32-22-15-13-21(27)14-16-22/h2-6,8-11,13-16,19H,7,12,17-18H2,1H3,(H,28,31). The maximum absolute atomic E-state index is 12.1. The van der Waals surface area contributed by atoms with Crippen LogP contribution in [0.25, 0.3) is 11.0 Å². The SMILES string of the molecule is CC(c1ccccc1)n1c(CCCNC(=O)COc2ccc(Cl)cc2)nc2ccccc21. The molecule has 0 saturated carbocycles. The Labute approximate surface area is 193 Å². The Morgan fingerprint density at radius 2 is 1.75 bits per heavy atom. The lowest BCUT2D eigenvalue weighted by Crippen LogP contribution is -2.30. The Morgan fingerprint density at radius 3 is 2.53 bits per heavy atom. The highest BCUT2D eigenvalue weighted by molar-refractivity contribution is 6.30. The van der Waals surface area contributed by atoms with Gasteiger partial charge in [-0.05, 0) is 55.3 Å². The number of carbonyl (C=O) groups excluding carboxylic acids is 1. The fourth-order valence-corrected chi connectivity index (χ4v) is 3.91. The average Bonchev–Trinajstić information content (AvgIpc) is 3.20. The number of imidazole rings is 1. The number of carbonyl (C=O) groups is 1. The second-order valence-corrected chi connectivity index (χ2v) is 8.11. The number of hydrogen-bond donors (Lipinski definition) is 1. The van der Waals surface area contributed by atoms with E-state index in [1.807, 2.05) is 24.3 Å². The van der Waals surface area contributed by atoms with E-state index in [2.05, 4.69) is 47.1 Å². The fourth-order valence-electron chi connectivity index (χ4n) is 3.79. The number of benzene rings is 3. The third-order valence-electron chi connectivity index (χ3n) is 5.42. The van der Waals surface area contributed by atoms with Gasteiger partial charge in [0.2, 0.25) is 0 Å². The molecule has 1 amide bonds. The highest BCUT2D eigenvalue weighted by Gasteiger charge is 2.17. The normalized spacial score (nSPS) is 11.9. The molecule has 1 atom stereocenters. The average molecular weight is 448 g/mol. The Kier molecular flexibility index (Phi) is 7.07. The lowest BCUT2D eigenvalue weighted by Gasteiger charge is -2.18. The van der Waals surface area contributed by atoms with Gasteiger partial charge in [0.25, 0.3) is 5.91 Å². The number of ether oxygens (including phenoxy) is 1. The number of fused-ring (bicyclic) bond motifs is 1. The number of rotatable bonds is 9. The molecule has 6 heteroatoms. The Hall–Kier alpha value is -3.31. The monoisotopic (exact) mass is 447 g/mol. The molecule has 0 fully saturated rings. The van der Waals surface area contributed by atoms with Crippen molar-refractivity contribution in [3.8, 4) is 5.75 Å². The van der Waals surface area contributed by atoms with Crippen molar-refractivity contribution in [2.24, 2.45) is 0 Å². The third-order valence-corrected chi connectivity index (χ3v) is 5.67. The minimum absolute atomic E-state index is 0.0226. The number of halogens is 1. The van der Waals surface area contributed by atoms with Crippen molar-refractivity contribution >= 4 is 28.5 Å². The summed E-state index contributed by atoms with van der Waals surface area (Å²) in [5.74, 6) is 1.49. The number of aromatic nitrogens is 2. The van der Waals surface area contributed by atoms with Gasteiger partial charge in [0, 0.05) is 18.0 Å². The van der Waals surface area contributed by atoms with E-state index in [1.54, 1.807) is 24.3 Å². The lowest BCUT2D eigenvalue weighted by molar-refractivity contribution is -0.123. The molecule has 0 saturated heterocycles. The maximum Gasteiger partial charge on any atom is 0.257 e. The third kappa shape index (κ3) is 5.29. The summed E-state index contributed by atoms with van der Waals surface area (Å²) in [7, 11) is 0. The van der Waals surface area contributed by atoms with E-state index >= 15 is 0 Å². The molecule has 4 rings (SSSR count). The van der Waals surface area contributed by atoms with Crippen molar-refractivity contribution in [3.63, 3.8) is 0 Å². The summed E-state index contributed by atoms with van der Waals surface area (Å²) in [5.41, 5.74) is 3.36. The van der Waals surface area contributed by atoms with Crippen molar-refractivity contribution in [1.29, 1.82) is 0 Å². The van der Waals surface area contributed by atoms with Crippen LogP contribution in [0.5, 0.6) is 5.75 Å². The van der Waals surface area contributed by atoms with Crippen LogP contribution in [0.4, 0.5) is 0 Å². The first-order valence-corrected chi connectivity index (χ1v) is 11.2. The predicted octanol–water partition coefficient (Wildman–Crippen LogP) is 5.43. The Bertz CT molecular complexity index is 1170. The number of amides is 1. The summed E-state index contributed by atoms with van der Waals surface area (Å²) in [4.78, 5) is 17.0. The van der Waals surface area contributed by atoms with Gasteiger partial charge in [-0.3, -0.25) is 4.79 Å². The highest BCUT2D eigenvalue weighted by Crippen LogP contribution is 2.26. The van der Waals surface area contributed by atoms with Crippen molar-refractivity contribution < 1.29 is 9.53 Å². The minimum atomic E-state index is -0.147. The van der Waals surface area contributed by atoms with Crippen LogP contribution in [-0.4, -0.2) is 28.6 Å². The van der Waals surface area contributed by atoms with Crippen molar-refractivity contribution in [2.45, 2.75) is 25.8 Å². The van der Waals surface area contributed by atoms with Crippen LogP contribution in [-0.2, 0) is 11.2 Å². The number of nitrogens with one attached hydrogen (secondary N) is 1. The number of nitrogens with zero attached hydrogens (tertiary/aromatic N) is 2. The van der Waals surface area contributed by atoms with Gasteiger partial charge >= 0.3 is 0 Å². The molecule has 0 radical (unpaired) electrons. The second-order valence-electron chi connectivity index (χ2n) is 7.67. The van der Waals surface area contributed by atoms with Crippen LogP contribution in [0.3, 0.4) is 0 Å². The zero-order valence-corrected chi connectivity index (χ0v) is 18.8. The minimum Gasteiger partial charge on any atom is -0.484 e. The first-order chi connectivity index (χ1) is 15.6. The molecule has 164 valence electrons. The highest BCUT2D eigenvalue weighted by atomic mass is 35.5. The van der Waals surface area contributed by atoms with E-state index in [1.165, 1.54) is 5.56 Å². The van der Waals surface area contributed by atoms with Gasteiger partial charge in [0.1, 0.15) is 11.6 Å². The first kappa shape index (κ1) is 21.9. The molecule has 1 unspecified atom stereocenters. The van der Waals surface area contributed by atoms with Crippen LogP contribution in [0.15, 0.2) is 78.9 Å². The Balaban J connectivity index is 1.36. The zero-order valence-electron chi connectivity index (χ0n) is 18.0. The first-order valence-electron chi connectivity index (χ1n) is 10.8. The van der Waals surface area contributed by atoms with Crippen LogP contribution in [0.1, 0.15) is 30.8 Å². The van der Waals surface area contributed by atoms with Crippen LogP contribution in [0.2, 0.25) is 5.02 Å². The quantitative estimate of drug-likeness (QED) is 0.348. The van der Waals surface area contributed by atoms with Crippen molar-refractivity contribution in [1.82, 2.24) is 14.9 Å². The van der Waals surface area contributed by atoms with E-state index in [0.717, 1.165) is 29.7 Å². The van der Waals surface area contributed by atoms with Crippen molar-refractivity contribution in [2.75, 3.05) is 13.2 Å². The smallest absolute Gasteiger partial charge is 0.257 e. The summed E-state index contributed by atoms with van der Waals surface area (Å²) in [6, 6.07) is 25.8. The second kappa shape index (κ2) is 10.3. The molecule has 4 aromatic rings. The number of hydrogen-bond acceptors (Lipinski definition) is 3. The molecule has 0 aliphatic heterocycles. The molecule has 0 aliphatic rings. The number of para-hydroxylation sites is 2. The summed E-state index contributed by atoms with van der Waals surface area (Å²) in [6.07, 6.45) is 1.56. The van der Waals surface area contributed by atoms with Gasteiger partial charge < -0.3 is 14.6 Å². The Morgan fingerprint density at radius 1 is 1.03 bits per heavy atom. The van der Waals surface area contributed by atoms with Crippen molar-refractivity contribution in [3.05, 3.63) is 95.3 Å². The molecule has 0 aliphatic carbocycles. The number of aryl methyl sites for hydroxylation is 1. The van der Waals surface area contributed by atoms with E-state index in [-0.39, 0.29) is 18.6 Å². The van der Waals surface area contributed by atoms with E-state index in [0.29, 0.717) is 17.3 Å². The van der Waals surface area contributed by atoms with Crippen LogP contribution >= 0.6 is 11.6 Å². The van der Waals surface area contributed by atoms with E-state index in [9.17, 15) is 4.79 Å². The molecule has 32 heavy (non-hydrogen) atoms. The van der Waals surface area contributed by atoms with Crippen LogP contribution < -0.4 is 10.1 Å². The summed E-state index contributed by atoms with van der Waals surface area (Å²) in [5, 5.41) is 3.56. The molecular formula is C26H26ClN3O2. The van der Waals surface area contributed by atoms with Gasteiger partial charge in [-0.2, -0.15) is 0 Å². The molecular weight excluding hydrogens is 422 g/mol. The van der Waals surface area contributed by atoms with Crippen LogP contribution in [0, 0.1) is 0 Å². The topological polar surface area (TPSA) is 56.2 Å². The molecule has 0 spiro atoms. The van der Waals surface area contributed by atoms with Gasteiger partial charge in [0.05, 0.1) is 17.1 Å².